The molecule has 1 heterocycles. The van der Waals surface area contributed by atoms with E-state index < -0.39 is 5.82 Å². The van der Waals surface area contributed by atoms with Crippen LogP contribution in [0.4, 0.5) is 4.39 Å². The average molecular weight is 307 g/mol. The minimum atomic E-state index is -0.420. The molecule has 1 aromatic carbocycles. The highest BCUT2D eigenvalue weighted by molar-refractivity contribution is 6.28. The summed E-state index contributed by atoms with van der Waals surface area (Å²) in [7, 11) is 0. The van der Waals surface area contributed by atoms with Crippen molar-refractivity contribution in [1.82, 2.24) is 9.97 Å². The number of hydrogen-bond donors (Lipinski definition) is 0. The zero-order valence-electron chi connectivity index (χ0n) is 11.8. The van der Waals surface area contributed by atoms with Crippen molar-refractivity contribution in [3.63, 3.8) is 0 Å². The van der Waals surface area contributed by atoms with Crippen LogP contribution in [-0.2, 0) is 12.8 Å². The number of ketones is 1. The molecule has 110 valence electrons. The van der Waals surface area contributed by atoms with Crippen LogP contribution in [0.25, 0.3) is 0 Å². The first kappa shape index (κ1) is 15.6. The number of carbonyl (C=O) groups is 1. The maximum atomic E-state index is 14.3. The van der Waals surface area contributed by atoms with E-state index >= 15 is 0 Å². The maximum absolute atomic E-state index is 14.3. The van der Waals surface area contributed by atoms with E-state index in [1.165, 1.54) is 12.3 Å². The Bertz CT molecular complexity index is 646. The first-order valence-corrected chi connectivity index (χ1v) is 7.27. The van der Waals surface area contributed by atoms with Crippen LogP contribution in [-0.4, -0.2) is 15.8 Å². The Morgan fingerprint density at radius 3 is 2.86 bits per heavy atom. The fourth-order valence-corrected chi connectivity index (χ4v) is 2.25. The summed E-state index contributed by atoms with van der Waals surface area (Å²) >= 11 is 5.68. The molecule has 2 aromatic rings. The van der Waals surface area contributed by atoms with Crippen LogP contribution in [0.5, 0.6) is 0 Å². The topological polar surface area (TPSA) is 42.9 Å². The second-order valence-corrected chi connectivity index (χ2v) is 5.14. The molecule has 1 aromatic heterocycles. The van der Waals surface area contributed by atoms with Crippen molar-refractivity contribution in [2.24, 2.45) is 0 Å². The summed E-state index contributed by atoms with van der Waals surface area (Å²) in [4.78, 5) is 19.9. The zero-order valence-corrected chi connectivity index (χ0v) is 12.5. The molecule has 5 heteroatoms. The molecule has 0 aliphatic carbocycles. The molecule has 0 saturated heterocycles. The molecule has 0 saturated carbocycles. The minimum Gasteiger partial charge on any atom is -0.294 e. The number of nitrogens with zero attached hydrogens (tertiary/aromatic N) is 2. The molecule has 0 fully saturated rings. The fourth-order valence-electron chi connectivity index (χ4n) is 2.08. The van der Waals surface area contributed by atoms with Gasteiger partial charge in [-0.3, -0.25) is 4.79 Å². The van der Waals surface area contributed by atoms with Gasteiger partial charge >= 0.3 is 0 Å². The number of Topliss-reactive ketones (excluding diaryl/α,β-unsaturated/α-hetero) is 1. The molecule has 0 spiro atoms. The Balaban J connectivity index is 2.19. The van der Waals surface area contributed by atoms with E-state index in [9.17, 15) is 9.18 Å². The predicted molar refractivity (Wildman–Crippen MR) is 80.1 cm³/mol. The van der Waals surface area contributed by atoms with Crippen LogP contribution >= 0.6 is 11.6 Å². The van der Waals surface area contributed by atoms with Crippen LogP contribution in [0, 0.1) is 5.82 Å². The molecular formula is C16H16ClFN2O. The number of benzene rings is 1. The molecule has 0 aliphatic heterocycles. The van der Waals surface area contributed by atoms with Gasteiger partial charge in [0.1, 0.15) is 5.82 Å². The smallest absolute Gasteiger partial charge is 0.222 e. The molecular weight excluding hydrogens is 291 g/mol. The standard InChI is InChI=1S/C16H16ClFN2O/c1-2-3-5-11-6-4-7-13(15(11)18)14(21)10-12-8-9-19-16(17)20-12/h4,6-9H,2-3,5,10H2,1H3. The molecule has 0 amide bonds. The van der Waals surface area contributed by atoms with Gasteiger partial charge in [0.25, 0.3) is 0 Å². The lowest BCUT2D eigenvalue weighted by molar-refractivity contribution is 0.0988. The summed E-state index contributed by atoms with van der Waals surface area (Å²) in [6, 6.07) is 6.55. The first-order valence-electron chi connectivity index (χ1n) is 6.89. The van der Waals surface area contributed by atoms with Crippen molar-refractivity contribution in [3.05, 3.63) is 58.4 Å². The summed E-state index contributed by atoms with van der Waals surface area (Å²) in [6.45, 7) is 2.05. The number of rotatable bonds is 6. The molecule has 0 radical (unpaired) electrons. The summed E-state index contributed by atoms with van der Waals surface area (Å²) in [6.07, 6.45) is 4.01. The van der Waals surface area contributed by atoms with Crippen LogP contribution in [0.2, 0.25) is 5.28 Å². The number of aromatic nitrogens is 2. The lowest BCUT2D eigenvalue weighted by atomic mass is 10.00. The first-order chi connectivity index (χ1) is 10.1. The van der Waals surface area contributed by atoms with Crippen LogP contribution < -0.4 is 0 Å². The Hall–Kier alpha value is -1.81. The third kappa shape index (κ3) is 4.08. The lowest BCUT2D eigenvalue weighted by Gasteiger charge is -2.07. The van der Waals surface area contributed by atoms with Gasteiger partial charge in [-0.25, -0.2) is 14.4 Å². The van der Waals surface area contributed by atoms with Gasteiger partial charge in [-0.1, -0.05) is 25.5 Å². The van der Waals surface area contributed by atoms with Crippen molar-refractivity contribution < 1.29 is 9.18 Å². The molecule has 2 rings (SSSR count). The van der Waals surface area contributed by atoms with Crippen molar-refractivity contribution in [2.45, 2.75) is 32.6 Å². The summed E-state index contributed by atoms with van der Waals surface area (Å²) < 4.78 is 14.3. The quantitative estimate of drug-likeness (QED) is 0.597. The van der Waals surface area contributed by atoms with E-state index in [0.29, 0.717) is 17.7 Å². The number of carbonyl (C=O) groups excluding carboxylic acids is 1. The van der Waals surface area contributed by atoms with Crippen molar-refractivity contribution >= 4 is 17.4 Å². The minimum absolute atomic E-state index is 0.0103. The van der Waals surface area contributed by atoms with Gasteiger partial charge < -0.3 is 0 Å². The van der Waals surface area contributed by atoms with Gasteiger partial charge in [0, 0.05) is 6.20 Å². The second-order valence-electron chi connectivity index (χ2n) is 4.80. The van der Waals surface area contributed by atoms with Gasteiger partial charge in [0.15, 0.2) is 5.78 Å². The lowest BCUT2D eigenvalue weighted by Crippen LogP contribution is -2.09. The van der Waals surface area contributed by atoms with Gasteiger partial charge in [0.05, 0.1) is 17.7 Å². The monoisotopic (exact) mass is 306 g/mol. The third-order valence-electron chi connectivity index (χ3n) is 3.20. The summed E-state index contributed by atoms with van der Waals surface area (Å²) in [5.74, 6) is -0.725. The highest BCUT2D eigenvalue weighted by atomic mass is 35.5. The van der Waals surface area contributed by atoms with E-state index in [1.54, 1.807) is 18.2 Å². The van der Waals surface area contributed by atoms with E-state index in [2.05, 4.69) is 9.97 Å². The summed E-state index contributed by atoms with van der Waals surface area (Å²) in [5.41, 5.74) is 1.18. The Morgan fingerprint density at radius 2 is 2.14 bits per heavy atom. The molecule has 0 N–H and O–H groups in total. The number of halogens is 2. The van der Waals surface area contributed by atoms with Crippen LogP contribution in [0.1, 0.15) is 41.4 Å². The van der Waals surface area contributed by atoms with Gasteiger partial charge in [-0.05, 0) is 42.1 Å². The normalized spacial score (nSPS) is 10.6. The van der Waals surface area contributed by atoms with Gasteiger partial charge in [-0.15, -0.1) is 0 Å². The van der Waals surface area contributed by atoms with Crippen LogP contribution in [0.15, 0.2) is 30.5 Å². The highest BCUT2D eigenvalue weighted by Gasteiger charge is 2.15. The average Bonchev–Trinajstić information content (AvgIpc) is 2.46. The Kier molecular flexibility index (Phi) is 5.39. The molecule has 0 bridgehead atoms. The fraction of sp³-hybridized carbons (Fsp3) is 0.312. The van der Waals surface area contributed by atoms with Crippen molar-refractivity contribution in [1.29, 1.82) is 0 Å². The molecule has 0 unspecified atom stereocenters. The van der Waals surface area contributed by atoms with Gasteiger partial charge in [0.2, 0.25) is 5.28 Å². The van der Waals surface area contributed by atoms with E-state index in [-0.39, 0.29) is 23.1 Å². The van der Waals surface area contributed by atoms with Crippen LogP contribution in [0.3, 0.4) is 0 Å². The van der Waals surface area contributed by atoms with E-state index in [1.807, 2.05) is 6.92 Å². The highest BCUT2D eigenvalue weighted by Crippen LogP contribution is 2.17. The number of unbranched alkanes of at least 4 members (excludes halogenated alkanes) is 1. The number of hydrogen-bond acceptors (Lipinski definition) is 3. The predicted octanol–water partition coefficient (Wildman–Crippen LogP) is 4.04. The van der Waals surface area contributed by atoms with Gasteiger partial charge in [-0.2, -0.15) is 0 Å². The Labute approximate surface area is 128 Å². The summed E-state index contributed by atoms with van der Waals surface area (Å²) in [5, 5.41) is 0.0810. The Morgan fingerprint density at radius 1 is 1.33 bits per heavy atom. The maximum Gasteiger partial charge on any atom is 0.222 e. The van der Waals surface area contributed by atoms with E-state index in [0.717, 1.165) is 12.8 Å². The molecule has 0 atom stereocenters. The van der Waals surface area contributed by atoms with Crippen molar-refractivity contribution in [3.8, 4) is 0 Å². The molecule has 21 heavy (non-hydrogen) atoms. The molecule has 0 aliphatic rings. The third-order valence-corrected chi connectivity index (χ3v) is 3.39. The zero-order chi connectivity index (χ0) is 15.2. The van der Waals surface area contributed by atoms with Crippen molar-refractivity contribution in [2.75, 3.05) is 0 Å². The SMILES string of the molecule is CCCCc1cccc(C(=O)Cc2ccnc(Cl)n2)c1F. The number of aryl methyl sites for hydroxylation is 1. The largest absolute Gasteiger partial charge is 0.294 e. The molecule has 3 nitrogen and oxygen atoms in total. The second kappa shape index (κ2) is 7.27. The van der Waals surface area contributed by atoms with E-state index in [4.69, 9.17) is 11.6 Å².